The molecule has 0 heterocycles. The number of nitrogen functional groups attached to an aromatic ring is 1. The van der Waals surface area contributed by atoms with Crippen molar-refractivity contribution in [2.45, 2.75) is 6.42 Å². The van der Waals surface area contributed by atoms with Gasteiger partial charge >= 0.3 is 0 Å². The fraction of sp³-hybridized carbons (Fsp3) is 0.0714. The Hall–Kier alpha value is -2.47. The van der Waals surface area contributed by atoms with Crippen LogP contribution in [0.4, 0.5) is 5.69 Å². The Labute approximate surface area is 99.7 Å². The van der Waals surface area contributed by atoms with Crippen LogP contribution >= 0.6 is 0 Å². The maximum Gasteiger partial charge on any atom is 0.125 e. The molecule has 0 amide bonds. The van der Waals surface area contributed by atoms with E-state index in [1.54, 1.807) is 18.2 Å². The molecule has 0 fully saturated rings. The largest absolute Gasteiger partial charge is 0.507 e. The minimum absolute atomic E-state index is 0.152. The zero-order chi connectivity index (χ0) is 12.3. The number of phenolic OH excluding ortho intramolecular Hbond substituents is 1. The summed E-state index contributed by atoms with van der Waals surface area (Å²) >= 11 is 0. The van der Waals surface area contributed by atoms with Gasteiger partial charge in [0.25, 0.3) is 0 Å². The number of benzene rings is 2. The summed E-state index contributed by atoms with van der Waals surface area (Å²) in [5.41, 5.74) is 8.73. The molecule has 3 heteroatoms. The van der Waals surface area contributed by atoms with Crippen molar-refractivity contribution in [2.24, 2.45) is 0 Å². The monoisotopic (exact) mass is 224 g/mol. The van der Waals surface area contributed by atoms with Crippen molar-refractivity contribution in [2.75, 3.05) is 5.73 Å². The summed E-state index contributed by atoms with van der Waals surface area (Å²) in [6.07, 6.45) is 0.349. The number of hydrogen-bond acceptors (Lipinski definition) is 3. The van der Waals surface area contributed by atoms with Gasteiger partial charge in [-0.1, -0.05) is 24.3 Å². The quantitative estimate of drug-likeness (QED) is 0.770. The number of nitrogens with two attached hydrogens (primary N) is 1. The van der Waals surface area contributed by atoms with Gasteiger partial charge in [-0.15, -0.1) is 0 Å². The van der Waals surface area contributed by atoms with Gasteiger partial charge in [-0.2, -0.15) is 5.26 Å². The Bertz CT molecular complexity index is 565. The van der Waals surface area contributed by atoms with Crippen LogP contribution in [0, 0.1) is 11.3 Å². The Morgan fingerprint density at radius 3 is 2.65 bits per heavy atom. The van der Waals surface area contributed by atoms with Crippen LogP contribution in [0.5, 0.6) is 5.75 Å². The fourth-order valence-electron chi connectivity index (χ4n) is 1.80. The standard InChI is InChI=1S/C14H12N2O/c15-8-7-10-3-1-4-11(9-10)14-12(16)5-2-6-13(14)17/h1-6,9,17H,7,16H2. The highest BCUT2D eigenvalue weighted by Crippen LogP contribution is 2.34. The van der Waals surface area contributed by atoms with Gasteiger partial charge in [-0.25, -0.2) is 0 Å². The molecule has 3 nitrogen and oxygen atoms in total. The first kappa shape index (κ1) is 11.0. The summed E-state index contributed by atoms with van der Waals surface area (Å²) < 4.78 is 0. The molecular formula is C14H12N2O. The Morgan fingerprint density at radius 2 is 1.94 bits per heavy atom. The maximum atomic E-state index is 9.82. The predicted octanol–water partition coefficient (Wildman–Crippen LogP) is 2.71. The third-order valence-electron chi connectivity index (χ3n) is 2.57. The van der Waals surface area contributed by atoms with Crippen molar-refractivity contribution >= 4 is 5.69 Å². The van der Waals surface area contributed by atoms with Crippen LogP contribution in [0.3, 0.4) is 0 Å². The van der Waals surface area contributed by atoms with Gasteiger partial charge in [0.15, 0.2) is 0 Å². The fourth-order valence-corrected chi connectivity index (χ4v) is 1.80. The lowest BCUT2D eigenvalue weighted by atomic mass is 10.00. The molecule has 0 aliphatic carbocycles. The van der Waals surface area contributed by atoms with Crippen LogP contribution in [0.1, 0.15) is 5.56 Å². The van der Waals surface area contributed by atoms with E-state index < -0.39 is 0 Å². The third kappa shape index (κ3) is 2.21. The Balaban J connectivity index is 2.54. The first-order valence-electron chi connectivity index (χ1n) is 5.26. The average molecular weight is 224 g/mol. The van der Waals surface area contributed by atoms with Gasteiger partial charge in [0.05, 0.1) is 12.5 Å². The van der Waals surface area contributed by atoms with E-state index in [-0.39, 0.29) is 5.75 Å². The maximum absolute atomic E-state index is 9.82. The molecule has 0 spiro atoms. The molecule has 0 aromatic heterocycles. The highest BCUT2D eigenvalue weighted by Gasteiger charge is 2.08. The number of nitrogens with zero attached hydrogens (tertiary/aromatic N) is 1. The van der Waals surface area contributed by atoms with Crippen molar-refractivity contribution in [3.05, 3.63) is 48.0 Å². The molecule has 0 radical (unpaired) electrons. The smallest absolute Gasteiger partial charge is 0.125 e. The van der Waals surface area contributed by atoms with Crippen LogP contribution in [-0.4, -0.2) is 5.11 Å². The van der Waals surface area contributed by atoms with Crippen LogP contribution < -0.4 is 5.73 Å². The predicted molar refractivity (Wildman–Crippen MR) is 67.3 cm³/mol. The summed E-state index contributed by atoms with van der Waals surface area (Å²) in [6.45, 7) is 0. The van der Waals surface area contributed by atoms with E-state index in [0.717, 1.165) is 11.1 Å². The first-order valence-corrected chi connectivity index (χ1v) is 5.26. The Kier molecular flexibility index (Phi) is 2.97. The summed E-state index contributed by atoms with van der Waals surface area (Å²) in [5.74, 6) is 0.152. The molecule has 2 aromatic carbocycles. The molecule has 0 saturated carbocycles. The molecule has 0 aliphatic rings. The number of anilines is 1. The molecule has 0 aliphatic heterocycles. The van der Waals surface area contributed by atoms with E-state index in [2.05, 4.69) is 6.07 Å². The van der Waals surface area contributed by atoms with Crippen LogP contribution in [0.25, 0.3) is 11.1 Å². The summed E-state index contributed by atoms with van der Waals surface area (Å²) in [6, 6.07) is 14.6. The molecule has 0 bridgehead atoms. The molecule has 0 atom stereocenters. The molecule has 17 heavy (non-hydrogen) atoms. The Morgan fingerprint density at radius 1 is 1.18 bits per heavy atom. The average Bonchev–Trinajstić information content (AvgIpc) is 2.30. The van der Waals surface area contributed by atoms with Gasteiger partial charge in [0, 0.05) is 11.3 Å². The molecule has 84 valence electrons. The lowest BCUT2D eigenvalue weighted by Gasteiger charge is -2.09. The first-order chi connectivity index (χ1) is 8.22. The van der Waals surface area contributed by atoms with Crippen LogP contribution in [-0.2, 0) is 6.42 Å². The number of nitriles is 1. The number of phenols is 1. The number of hydrogen-bond donors (Lipinski definition) is 2. The topological polar surface area (TPSA) is 70.0 Å². The van der Waals surface area contributed by atoms with E-state index in [1.165, 1.54) is 0 Å². The number of rotatable bonds is 2. The highest BCUT2D eigenvalue weighted by molar-refractivity contribution is 5.81. The van der Waals surface area contributed by atoms with E-state index in [1.807, 2.05) is 24.3 Å². The molecule has 0 unspecified atom stereocenters. The van der Waals surface area contributed by atoms with Crippen molar-refractivity contribution in [3.63, 3.8) is 0 Å². The molecule has 2 aromatic rings. The minimum Gasteiger partial charge on any atom is -0.507 e. The lowest BCUT2D eigenvalue weighted by molar-refractivity contribution is 0.477. The van der Waals surface area contributed by atoms with Crippen molar-refractivity contribution in [3.8, 4) is 22.9 Å². The van der Waals surface area contributed by atoms with E-state index >= 15 is 0 Å². The van der Waals surface area contributed by atoms with Gasteiger partial charge in [-0.3, -0.25) is 0 Å². The molecule has 2 rings (SSSR count). The zero-order valence-electron chi connectivity index (χ0n) is 9.22. The second-order valence-corrected chi connectivity index (χ2v) is 3.78. The zero-order valence-corrected chi connectivity index (χ0v) is 9.22. The van der Waals surface area contributed by atoms with Crippen LogP contribution in [0.15, 0.2) is 42.5 Å². The van der Waals surface area contributed by atoms with Crippen molar-refractivity contribution in [1.82, 2.24) is 0 Å². The molecule has 3 N–H and O–H groups in total. The summed E-state index contributed by atoms with van der Waals surface area (Å²) in [7, 11) is 0. The van der Waals surface area contributed by atoms with Crippen molar-refractivity contribution < 1.29 is 5.11 Å². The minimum atomic E-state index is 0.152. The normalized spacial score (nSPS) is 9.82. The van der Waals surface area contributed by atoms with Gasteiger partial charge in [0.2, 0.25) is 0 Å². The van der Waals surface area contributed by atoms with Gasteiger partial charge < -0.3 is 10.8 Å². The highest BCUT2D eigenvalue weighted by atomic mass is 16.3. The van der Waals surface area contributed by atoms with E-state index in [4.69, 9.17) is 11.0 Å². The lowest BCUT2D eigenvalue weighted by Crippen LogP contribution is -1.91. The van der Waals surface area contributed by atoms with Gasteiger partial charge in [0.1, 0.15) is 5.75 Å². The summed E-state index contributed by atoms with van der Waals surface area (Å²) in [4.78, 5) is 0. The van der Waals surface area contributed by atoms with Crippen molar-refractivity contribution in [1.29, 1.82) is 5.26 Å². The second kappa shape index (κ2) is 4.58. The van der Waals surface area contributed by atoms with E-state index in [0.29, 0.717) is 17.7 Å². The number of aromatic hydroxyl groups is 1. The van der Waals surface area contributed by atoms with Gasteiger partial charge in [-0.05, 0) is 29.3 Å². The van der Waals surface area contributed by atoms with Crippen LogP contribution in [0.2, 0.25) is 0 Å². The molecular weight excluding hydrogens is 212 g/mol. The molecule has 0 saturated heterocycles. The summed E-state index contributed by atoms with van der Waals surface area (Å²) in [5, 5.41) is 18.5. The SMILES string of the molecule is N#CCc1cccc(-c2c(N)cccc2O)c1. The third-order valence-corrected chi connectivity index (χ3v) is 2.57. The second-order valence-electron chi connectivity index (χ2n) is 3.78. The van der Waals surface area contributed by atoms with E-state index in [9.17, 15) is 5.11 Å².